The number of fused-ring (bicyclic) bond motifs is 1. The van der Waals surface area contributed by atoms with Gasteiger partial charge in [-0.15, -0.1) is 0 Å². The minimum absolute atomic E-state index is 0.0145. The third-order valence-electron chi connectivity index (χ3n) is 5.88. The molecular weight excluding hydrogens is 384 g/mol. The summed E-state index contributed by atoms with van der Waals surface area (Å²) in [7, 11) is 0. The molecule has 2 aliphatic rings. The van der Waals surface area contributed by atoms with Crippen LogP contribution in [-0.4, -0.2) is 45.5 Å². The van der Waals surface area contributed by atoms with Gasteiger partial charge in [0, 0.05) is 18.5 Å². The van der Waals surface area contributed by atoms with Gasteiger partial charge in [-0.1, -0.05) is 12.1 Å². The Morgan fingerprint density at radius 2 is 1.90 bits per heavy atom. The summed E-state index contributed by atoms with van der Waals surface area (Å²) < 4.78 is 5.30. The van der Waals surface area contributed by atoms with Crippen molar-refractivity contribution in [1.29, 1.82) is 0 Å². The molecule has 1 aromatic carbocycles. The van der Waals surface area contributed by atoms with Gasteiger partial charge in [0.2, 0.25) is 5.91 Å². The average Bonchev–Trinajstić information content (AvgIpc) is 2.97. The Morgan fingerprint density at radius 3 is 2.50 bits per heavy atom. The molecule has 1 aliphatic heterocycles. The summed E-state index contributed by atoms with van der Waals surface area (Å²) in [6, 6.07) is 4.99. The molecule has 0 saturated heterocycles. The van der Waals surface area contributed by atoms with Crippen LogP contribution in [-0.2, 0) is 20.9 Å². The van der Waals surface area contributed by atoms with Gasteiger partial charge >= 0.3 is 5.97 Å². The lowest BCUT2D eigenvalue weighted by molar-refractivity contribution is -0.155. The van der Waals surface area contributed by atoms with Crippen LogP contribution < -0.4 is 5.73 Å². The first-order valence-corrected chi connectivity index (χ1v) is 10.7. The standard InChI is InChI=1S/C23H32N2O5/c1-23(2,3)30-20(27)11-10-19(21(24)28)25-13-16-12-15(6-9-18(16)22(25)29)14-4-7-17(26)8-5-14/h6,9,12,14,17,19,26H,4-5,7-8,10-11,13H2,1-3H3,(H2,24,28). The van der Waals surface area contributed by atoms with Crippen molar-refractivity contribution in [3.05, 3.63) is 34.9 Å². The van der Waals surface area contributed by atoms with Crippen LogP contribution in [0.3, 0.4) is 0 Å². The molecule has 0 spiro atoms. The highest BCUT2D eigenvalue weighted by Gasteiger charge is 2.36. The molecule has 1 saturated carbocycles. The lowest BCUT2D eigenvalue weighted by atomic mass is 9.82. The summed E-state index contributed by atoms with van der Waals surface area (Å²) in [4.78, 5) is 38.5. The zero-order chi connectivity index (χ0) is 22.1. The SMILES string of the molecule is CC(C)(C)OC(=O)CCC(C(N)=O)N1Cc2cc(C3CCC(O)CC3)ccc2C1=O. The molecule has 0 bridgehead atoms. The zero-order valence-corrected chi connectivity index (χ0v) is 18.0. The van der Waals surface area contributed by atoms with E-state index in [1.165, 1.54) is 10.5 Å². The maximum atomic E-state index is 12.9. The Labute approximate surface area is 177 Å². The van der Waals surface area contributed by atoms with Gasteiger partial charge in [-0.2, -0.15) is 0 Å². The van der Waals surface area contributed by atoms with Crippen molar-refractivity contribution in [3.63, 3.8) is 0 Å². The molecule has 164 valence electrons. The van der Waals surface area contributed by atoms with Gasteiger partial charge in [0.05, 0.1) is 6.10 Å². The highest BCUT2D eigenvalue weighted by molar-refractivity contribution is 6.01. The van der Waals surface area contributed by atoms with E-state index in [0.717, 1.165) is 31.2 Å². The van der Waals surface area contributed by atoms with Gasteiger partial charge in [0.25, 0.3) is 5.91 Å². The molecule has 1 unspecified atom stereocenters. The van der Waals surface area contributed by atoms with Crippen molar-refractivity contribution in [3.8, 4) is 0 Å². The topological polar surface area (TPSA) is 110 Å². The average molecular weight is 417 g/mol. The van der Waals surface area contributed by atoms with E-state index in [-0.39, 0.29) is 24.9 Å². The van der Waals surface area contributed by atoms with Crippen molar-refractivity contribution in [2.75, 3.05) is 0 Å². The second-order valence-electron chi connectivity index (χ2n) is 9.40. The lowest BCUT2D eigenvalue weighted by Crippen LogP contribution is -2.45. The zero-order valence-electron chi connectivity index (χ0n) is 18.0. The number of esters is 1. The molecule has 2 amide bonds. The minimum atomic E-state index is -0.856. The maximum absolute atomic E-state index is 12.9. The second kappa shape index (κ2) is 8.76. The molecule has 3 rings (SSSR count). The van der Waals surface area contributed by atoms with Crippen LogP contribution in [0.15, 0.2) is 18.2 Å². The minimum Gasteiger partial charge on any atom is -0.460 e. The molecule has 0 radical (unpaired) electrons. The van der Waals surface area contributed by atoms with Crippen LogP contribution in [0.2, 0.25) is 0 Å². The van der Waals surface area contributed by atoms with E-state index < -0.39 is 23.5 Å². The van der Waals surface area contributed by atoms with E-state index in [1.54, 1.807) is 20.8 Å². The van der Waals surface area contributed by atoms with Gasteiger partial charge < -0.3 is 20.5 Å². The Hall–Kier alpha value is -2.41. The molecule has 1 fully saturated rings. The third-order valence-corrected chi connectivity index (χ3v) is 5.88. The number of amides is 2. The quantitative estimate of drug-likeness (QED) is 0.693. The van der Waals surface area contributed by atoms with E-state index in [4.69, 9.17) is 10.5 Å². The van der Waals surface area contributed by atoms with Gasteiger partial charge in [-0.25, -0.2) is 0 Å². The van der Waals surface area contributed by atoms with Gasteiger partial charge in [0.15, 0.2) is 0 Å². The predicted octanol–water partition coefficient (Wildman–Crippen LogP) is 2.64. The number of aliphatic hydroxyl groups is 1. The molecule has 1 heterocycles. The Balaban J connectivity index is 1.69. The number of ether oxygens (including phenoxy) is 1. The first kappa shape index (κ1) is 22.3. The number of aliphatic hydroxyl groups excluding tert-OH is 1. The van der Waals surface area contributed by atoms with Crippen molar-refractivity contribution >= 4 is 17.8 Å². The number of primary amides is 1. The number of carbonyl (C=O) groups is 3. The van der Waals surface area contributed by atoms with Gasteiger partial charge in [-0.3, -0.25) is 14.4 Å². The van der Waals surface area contributed by atoms with Crippen LogP contribution in [0.1, 0.15) is 86.7 Å². The highest BCUT2D eigenvalue weighted by Crippen LogP contribution is 2.35. The monoisotopic (exact) mass is 416 g/mol. The first-order valence-electron chi connectivity index (χ1n) is 10.7. The smallest absolute Gasteiger partial charge is 0.306 e. The molecule has 0 aromatic heterocycles. The number of hydrogen-bond donors (Lipinski definition) is 2. The van der Waals surface area contributed by atoms with Crippen LogP contribution in [0.4, 0.5) is 0 Å². The fourth-order valence-electron chi connectivity index (χ4n) is 4.38. The number of nitrogens with zero attached hydrogens (tertiary/aromatic N) is 1. The van der Waals surface area contributed by atoms with E-state index in [9.17, 15) is 19.5 Å². The van der Waals surface area contributed by atoms with Crippen LogP contribution >= 0.6 is 0 Å². The fourth-order valence-corrected chi connectivity index (χ4v) is 4.38. The van der Waals surface area contributed by atoms with E-state index in [0.29, 0.717) is 18.0 Å². The molecule has 7 nitrogen and oxygen atoms in total. The Morgan fingerprint density at radius 1 is 1.23 bits per heavy atom. The van der Waals surface area contributed by atoms with Crippen molar-refractivity contribution in [2.45, 2.75) is 89.5 Å². The van der Waals surface area contributed by atoms with Crippen LogP contribution in [0, 0.1) is 0 Å². The Kier molecular flexibility index (Phi) is 6.50. The van der Waals surface area contributed by atoms with Gasteiger partial charge in [-0.05, 0) is 76.0 Å². The summed E-state index contributed by atoms with van der Waals surface area (Å²) in [6.07, 6.45) is 3.38. The molecule has 1 aliphatic carbocycles. The second-order valence-corrected chi connectivity index (χ2v) is 9.40. The van der Waals surface area contributed by atoms with Crippen LogP contribution in [0.5, 0.6) is 0 Å². The summed E-state index contributed by atoms with van der Waals surface area (Å²) in [5.74, 6) is -0.897. The Bertz CT molecular complexity index is 821. The number of rotatable bonds is 6. The first-order chi connectivity index (χ1) is 14.0. The van der Waals surface area contributed by atoms with E-state index in [1.807, 2.05) is 18.2 Å². The summed E-state index contributed by atoms with van der Waals surface area (Å²) in [6.45, 7) is 5.64. The van der Waals surface area contributed by atoms with Gasteiger partial charge in [0.1, 0.15) is 11.6 Å². The largest absolute Gasteiger partial charge is 0.460 e. The van der Waals surface area contributed by atoms with Crippen molar-refractivity contribution in [1.82, 2.24) is 4.90 Å². The highest BCUT2D eigenvalue weighted by atomic mass is 16.6. The summed E-state index contributed by atoms with van der Waals surface area (Å²) >= 11 is 0. The predicted molar refractivity (Wildman–Crippen MR) is 112 cm³/mol. The maximum Gasteiger partial charge on any atom is 0.306 e. The number of carbonyl (C=O) groups excluding carboxylic acids is 3. The molecule has 30 heavy (non-hydrogen) atoms. The molecule has 3 N–H and O–H groups in total. The van der Waals surface area contributed by atoms with Crippen LogP contribution in [0.25, 0.3) is 0 Å². The number of nitrogens with two attached hydrogens (primary N) is 1. The molecule has 7 heteroatoms. The number of hydrogen-bond acceptors (Lipinski definition) is 5. The summed E-state index contributed by atoms with van der Waals surface area (Å²) in [5.41, 5.74) is 7.60. The van der Waals surface area contributed by atoms with Crippen molar-refractivity contribution < 1.29 is 24.2 Å². The van der Waals surface area contributed by atoms with E-state index in [2.05, 4.69) is 0 Å². The molecule has 1 atom stereocenters. The fraction of sp³-hybridized carbons (Fsp3) is 0.609. The third kappa shape index (κ3) is 5.19. The number of benzene rings is 1. The van der Waals surface area contributed by atoms with Crippen molar-refractivity contribution in [2.24, 2.45) is 5.73 Å². The molecule has 1 aromatic rings. The summed E-state index contributed by atoms with van der Waals surface area (Å²) in [5, 5.41) is 9.74. The normalized spacial score (nSPS) is 22.5. The lowest BCUT2D eigenvalue weighted by Gasteiger charge is -2.26. The van der Waals surface area contributed by atoms with E-state index >= 15 is 0 Å². The molecular formula is C23H32N2O5.